The summed E-state index contributed by atoms with van der Waals surface area (Å²) in [6.07, 6.45) is -4.39. The lowest BCUT2D eigenvalue weighted by molar-refractivity contribution is -0.137. The number of para-hydroxylation sites is 1. The second kappa shape index (κ2) is 6.78. The lowest BCUT2D eigenvalue weighted by Gasteiger charge is -2.41. The predicted octanol–water partition coefficient (Wildman–Crippen LogP) is 4.06. The first-order chi connectivity index (χ1) is 11.9. The van der Waals surface area contributed by atoms with E-state index in [9.17, 15) is 18.0 Å². The first-order valence-corrected chi connectivity index (χ1v) is 8.14. The number of nitrogens with zero attached hydrogens (tertiary/aromatic N) is 2. The van der Waals surface area contributed by atoms with Crippen molar-refractivity contribution >= 4 is 11.6 Å². The maximum absolute atomic E-state index is 12.6. The highest BCUT2D eigenvalue weighted by atomic mass is 19.4. The van der Waals surface area contributed by atoms with E-state index in [0.717, 1.165) is 17.8 Å². The van der Waals surface area contributed by atoms with Crippen molar-refractivity contribution in [1.29, 1.82) is 0 Å². The Balaban J connectivity index is 1.68. The molecule has 1 aliphatic rings. The Morgan fingerprint density at radius 1 is 1.00 bits per heavy atom. The molecular formula is C19H19F3N2O. The van der Waals surface area contributed by atoms with Gasteiger partial charge in [0.25, 0.3) is 5.91 Å². The topological polar surface area (TPSA) is 23.6 Å². The number of anilines is 1. The molecule has 0 N–H and O–H groups in total. The van der Waals surface area contributed by atoms with Gasteiger partial charge >= 0.3 is 6.18 Å². The predicted molar refractivity (Wildman–Crippen MR) is 90.6 cm³/mol. The first kappa shape index (κ1) is 17.3. The number of rotatable bonds is 2. The van der Waals surface area contributed by atoms with Gasteiger partial charge in [-0.15, -0.1) is 0 Å². The third kappa shape index (κ3) is 3.78. The van der Waals surface area contributed by atoms with Crippen LogP contribution in [0.4, 0.5) is 18.9 Å². The summed E-state index contributed by atoms with van der Waals surface area (Å²) >= 11 is 0. The number of hydrogen-bond donors (Lipinski definition) is 0. The van der Waals surface area contributed by atoms with E-state index in [0.29, 0.717) is 19.6 Å². The van der Waals surface area contributed by atoms with Crippen LogP contribution in [0.3, 0.4) is 0 Å². The zero-order valence-corrected chi connectivity index (χ0v) is 13.8. The summed E-state index contributed by atoms with van der Waals surface area (Å²) in [5, 5.41) is 0. The Kier molecular flexibility index (Phi) is 4.70. The average Bonchev–Trinajstić information content (AvgIpc) is 2.61. The van der Waals surface area contributed by atoms with Gasteiger partial charge in [-0.05, 0) is 43.3 Å². The summed E-state index contributed by atoms with van der Waals surface area (Å²) in [4.78, 5) is 16.5. The van der Waals surface area contributed by atoms with Gasteiger partial charge in [-0.1, -0.05) is 18.2 Å². The largest absolute Gasteiger partial charge is 0.416 e. The van der Waals surface area contributed by atoms with Crippen molar-refractivity contribution in [2.75, 3.05) is 24.5 Å². The van der Waals surface area contributed by atoms with E-state index in [1.807, 2.05) is 37.3 Å². The van der Waals surface area contributed by atoms with Gasteiger partial charge in [-0.2, -0.15) is 13.2 Å². The van der Waals surface area contributed by atoms with Crippen molar-refractivity contribution in [3.63, 3.8) is 0 Å². The molecule has 1 heterocycles. The number of halogens is 3. The number of carbonyl (C=O) groups is 1. The molecule has 1 amide bonds. The van der Waals surface area contributed by atoms with Crippen LogP contribution >= 0.6 is 0 Å². The van der Waals surface area contributed by atoms with Gasteiger partial charge in [0, 0.05) is 36.9 Å². The van der Waals surface area contributed by atoms with Crippen LogP contribution in [0.1, 0.15) is 22.8 Å². The van der Waals surface area contributed by atoms with E-state index < -0.39 is 11.7 Å². The lowest BCUT2D eigenvalue weighted by atomic mass is 10.1. The highest BCUT2D eigenvalue weighted by molar-refractivity contribution is 5.94. The molecule has 6 heteroatoms. The fourth-order valence-electron chi connectivity index (χ4n) is 3.13. The fraction of sp³-hybridized carbons (Fsp3) is 0.316. The Morgan fingerprint density at radius 2 is 1.64 bits per heavy atom. The summed E-state index contributed by atoms with van der Waals surface area (Å²) in [5.41, 5.74) is 0.649. The molecule has 1 saturated heterocycles. The van der Waals surface area contributed by atoms with Crippen molar-refractivity contribution in [3.8, 4) is 0 Å². The smallest absolute Gasteiger partial charge is 0.365 e. The first-order valence-electron chi connectivity index (χ1n) is 8.14. The van der Waals surface area contributed by atoms with Gasteiger partial charge in [-0.3, -0.25) is 4.79 Å². The summed E-state index contributed by atoms with van der Waals surface area (Å²) in [6.45, 7) is 3.81. The zero-order chi connectivity index (χ0) is 18.0. The molecule has 3 rings (SSSR count). The molecule has 0 spiro atoms. The van der Waals surface area contributed by atoms with Gasteiger partial charge in [-0.25, -0.2) is 0 Å². The molecule has 0 saturated carbocycles. The van der Waals surface area contributed by atoms with Crippen LogP contribution in [0.5, 0.6) is 0 Å². The minimum absolute atomic E-state index is 0.134. The van der Waals surface area contributed by atoms with E-state index in [1.54, 1.807) is 4.90 Å². The molecule has 1 aliphatic heterocycles. The highest BCUT2D eigenvalue weighted by Gasteiger charge is 2.31. The lowest BCUT2D eigenvalue weighted by Crippen LogP contribution is -2.53. The molecular weight excluding hydrogens is 329 g/mol. The molecule has 25 heavy (non-hydrogen) atoms. The number of benzene rings is 2. The van der Waals surface area contributed by atoms with Gasteiger partial charge in [0.05, 0.1) is 5.56 Å². The minimum Gasteiger partial charge on any atom is -0.365 e. The van der Waals surface area contributed by atoms with Gasteiger partial charge < -0.3 is 9.80 Å². The van der Waals surface area contributed by atoms with E-state index in [1.165, 1.54) is 12.1 Å². The van der Waals surface area contributed by atoms with Crippen molar-refractivity contribution in [1.82, 2.24) is 4.90 Å². The van der Waals surface area contributed by atoms with Crippen LogP contribution in [0.25, 0.3) is 0 Å². The number of hydrogen-bond acceptors (Lipinski definition) is 2. The van der Waals surface area contributed by atoms with Crippen LogP contribution in [0.2, 0.25) is 0 Å². The molecule has 132 valence electrons. The van der Waals surface area contributed by atoms with Gasteiger partial charge in [0.1, 0.15) is 0 Å². The van der Waals surface area contributed by atoms with E-state index in [4.69, 9.17) is 0 Å². The molecule has 1 fully saturated rings. The SMILES string of the molecule is CC1CN(C(=O)c2ccc(C(F)(F)F)cc2)CCN1c1ccccc1. The van der Waals surface area contributed by atoms with Crippen LogP contribution in [0.15, 0.2) is 54.6 Å². The standard InChI is InChI=1S/C19H19F3N2O/c1-14-13-23(11-12-24(14)17-5-3-2-4-6-17)18(25)15-7-9-16(10-8-15)19(20,21)22/h2-10,14H,11-13H2,1H3. The molecule has 1 unspecified atom stereocenters. The maximum atomic E-state index is 12.6. The summed E-state index contributed by atoms with van der Waals surface area (Å²) in [6, 6.07) is 14.5. The third-order valence-corrected chi connectivity index (χ3v) is 4.46. The molecule has 2 aromatic rings. The summed E-state index contributed by atoms with van der Waals surface area (Å²) in [5.74, 6) is -0.228. The molecule has 2 aromatic carbocycles. The molecule has 0 aromatic heterocycles. The van der Waals surface area contributed by atoms with Crippen LogP contribution in [0, 0.1) is 0 Å². The molecule has 0 radical (unpaired) electrons. The average molecular weight is 348 g/mol. The minimum atomic E-state index is -4.39. The van der Waals surface area contributed by atoms with Crippen molar-refractivity contribution in [2.45, 2.75) is 19.1 Å². The molecule has 0 aliphatic carbocycles. The number of carbonyl (C=O) groups excluding carboxylic acids is 1. The Bertz CT molecular complexity index is 729. The van der Waals surface area contributed by atoms with Gasteiger partial charge in [0.15, 0.2) is 0 Å². The van der Waals surface area contributed by atoms with E-state index >= 15 is 0 Å². The number of amides is 1. The molecule has 0 bridgehead atoms. The Labute approximate surface area is 144 Å². The third-order valence-electron chi connectivity index (χ3n) is 4.46. The second-order valence-electron chi connectivity index (χ2n) is 6.20. The zero-order valence-electron chi connectivity index (χ0n) is 13.8. The van der Waals surface area contributed by atoms with Crippen molar-refractivity contribution in [3.05, 3.63) is 65.7 Å². The van der Waals surface area contributed by atoms with E-state index in [-0.39, 0.29) is 17.5 Å². The highest BCUT2D eigenvalue weighted by Crippen LogP contribution is 2.29. The van der Waals surface area contributed by atoms with Crippen LogP contribution in [-0.4, -0.2) is 36.5 Å². The second-order valence-corrected chi connectivity index (χ2v) is 6.20. The fourth-order valence-corrected chi connectivity index (χ4v) is 3.13. The van der Waals surface area contributed by atoms with E-state index in [2.05, 4.69) is 4.90 Å². The Morgan fingerprint density at radius 3 is 2.20 bits per heavy atom. The van der Waals surface area contributed by atoms with Crippen LogP contribution < -0.4 is 4.90 Å². The summed E-state index contributed by atoms with van der Waals surface area (Å²) < 4.78 is 37.9. The Hall–Kier alpha value is -2.50. The monoisotopic (exact) mass is 348 g/mol. The number of alkyl halides is 3. The van der Waals surface area contributed by atoms with Crippen LogP contribution in [-0.2, 0) is 6.18 Å². The van der Waals surface area contributed by atoms with Gasteiger partial charge in [0.2, 0.25) is 0 Å². The van der Waals surface area contributed by atoms with Crippen molar-refractivity contribution in [2.24, 2.45) is 0 Å². The maximum Gasteiger partial charge on any atom is 0.416 e. The quantitative estimate of drug-likeness (QED) is 0.817. The molecule has 1 atom stereocenters. The normalized spacial score (nSPS) is 18.3. The number of piperazine rings is 1. The summed E-state index contributed by atoms with van der Waals surface area (Å²) in [7, 11) is 0. The van der Waals surface area contributed by atoms with Crippen molar-refractivity contribution < 1.29 is 18.0 Å². The molecule has 3 nitrogen and oxygen atoms in total.